The third-order valence-corrected chi connectivity index (χ3v) is 5.14. The number of benzene rings is 2. The lowest BCUT2D eigenvalue weighted by Crippen LogP contribution is -2.34. The molecule has 1 amide bonds. The van der Waals surface area contributed by atoms with Crippen LogP contribution < -0.4 is 10.9 Å². The Kier molecular flexibility index (Phi) is 5.70. The average molecular weight is 417 g/mol. The second-order valence-electron chi connectivity index (χ2n) is 7.29. The van der Waals surface area contributed by atoms with E-state index in [0.29, 0.717) is 12.1 Å². The van der Waals surface area contributed by atoms with E-state index in [1.165, 1.54) is 6.07 Å². The Morgan fingerprint density at radius 2 is 1.77 bits per heavy atom. The summed E-state index contributed by atoms with van der Waals surface area (Å²) in [6, 6.07) is 8.63. The van der Waals surface area contributed by atoms with Crippen molar-refractivity contribution in [1.29, 1.82) is 0 Å². The summed E-state index contributed by atoms with van der Waals surface area (Å²) in [5.74, 6) is -0.583. The highest BCUT2D eigenvalue weighted by Crippen LogP contribution is 2.27. The number of hydrogen-bond donors (Lipinski definition) is 1. The Bertz CT molecular complexity index is 1200. The van der Waals surface area contributed by atoms with Gasteiger partial charge >= 0.3 is 6.18 Å². The first-order valence-corrected chi connectivity index (χ1v) is 9.50. The number of carbonyl (C=O) groups is 1. The van der Waals surface area contributed by atoms with Crippen molar-refractivity contribution in [2.45, 2.75) is 46.8 Å². The van der Waals surface area contributed by atoms with E-state index >= 15 is 0 Å². The predicted molar refractivity (Wildman–Crippen MR) is 110 cm³/mol. The zero-order valence-corrected chi connectivity index (χ0v) is 17.1. The zero-order chi connectivity index (χ0) is 22.2. The van der Waals surface area contributed by atoms with E-state index in [1.54, 1.807) is 19.9 Å². The fourth-order valence-corrected chi connectivity index (χ4v) is 3.36. The van der Waals surface area contributed by atoms with Crippen LogP contribution in [0.25, 0.3) is 11.0 Å². The van der Waals surface area contributed by atoms with Crippen molar-refractivity contribution in [3.05, 3.63) is 68.6 Å². The second kappa shape index (κ2) is 7.93. The van der Waals surface area contributed by atoms with Crippen LogP contribution in [0.3, 0.4) is 0 Å². The number of para-hydroxylation sites is 1. The maximum Gasteiger partial charge on any atom is 0.438 e. The van der Waals surface area contributed by atoms with Crippen LogP contribution in [-0.4, -0.2) is 15.5 Å². The summed E-state index contributed by atoms with van der Waals surface area (Å²) in [5.41, 5.74) is 1.20. The maximum absolute atomic E-state index is 13.4. The number of nitrogens with zero attached hydrogens (tertiary/aromatic N) is 2. The number of rotatable bonds is 4. The Hall–Kier alpha value is -3.16. The SMILES string of the molecule is CCc1cccc(C)c1NC(=O)Cn1c(=O)c(C(F)(F)F)nc2cc(C)c(C)cc21. The van der Waals surface area contributed by atoms with Crippen molar-refractivity contribution < 1.29 is 18.0 Å². The molecule has 158 valence electrons. The lowest BCUT2D eigenvalue weighted by molar-refractivity contribution is -0.142. The Labute approximate surface area is 171 Å². The van der Waals surface area contributed by atoms with Crippen molar-refractivity contribution in [2.75, 3.05) is 5.32 Å². The molecule has 0 spiro atoms. The Morgan fingerprint density at radius 3 is 2.40 bits per heavy atom. The molecule has 30 heavy (non-hydrogen) atoms. The molecule has 0 radical (unpaired) electrons. The first-order chi connectivity index (χ1) is 14.0. The molecular formula is C22H22F3N3O2. The third kappa shape index (κ3) is 4.08. The van der Waals surface area contributed by atoms with Crippen molar-refractivity contribution in [3.8, 4) is 0 Å². The van der Waals surface area contributed by atoms with Gasteiger partial charge in [0.1, 0.15) is 6.54 Å². The molecule has 1 N–H and O–H groups in total. The molecule has 0 atom stereocenters. The molecule has 0 aliphatic heterocycles. The molecule has 0 bridgehead atoms. The normalized spacial score (nSPS) is 11.7. The van der Waals surface area contributed by atoms with Gasteiger partial charge < -0.3 is 5.32 Å². The molecule has 0 unspecified atom stereocenters. The van der Waals surface area contributed by atoms with Crippen LogP contribution in [0.4, 0.5) is 18.9 Å². The number of hydrogen-bond acceptors (Lipinski definition) is 3. The molecule has 2 aromatic carbocycles. The van der Waals surface area contributed by atoms with E-state index in [0.717, 1.165) is 26.8 Å². The number of anilines is 1. The van der Waals surface area contributed by atoms with Gasteiger partial charge in [-0.05, 0) is 61.6 Å². The van der Waals surface area contributed by atoms with Gasteiger partial charge in [-0.15, -0.1) is 0 Å². The minimum absolute atomic E-state index is 0.0166. The zero-order valence-electron chi connectivity index (χ0n) is 17.1. The first-order valence-electron chi connectivity index (χ1n) is 9.50. The summed E-state index contributed by atoms with van der Waals surface area (Å²) in [4.78, 5) is 28.9. The molecule has 0 saturated carbocycles. The standard InChI is InChI=1S/C22H22F3N3O2/c1-5-15-8-6-7-12(2)19(15)27-18(29)11-28-17-10-14(4)13(3)9-16(17)26-20(21(28)30)22(23,24)25/h6-10H,5,11H2,1-4H3,(H,27,29). The Balaban J connectivity index is 2.11. The minimum atomic E-state index is -4.92. The summed E-state index contributed by atoms with van der Waals surface area (Å²) < 4.78 is 41.0. The largest absolute Gasteiger partial charge is 0.438 e. The van der Waals surface area contributed by atoms with Crippen LogP contribution in [0.15, 0.2) is 35.1 Å². The van der Waals surface area contributed by atoms with Crippen LogP contribution in [0, 0.1) is 20.8 Å². The highest BCUT2D eigenvalue weighted by molar-refractivity contribution is 5.93. The summed E-state index contributed by atoms with van der Waals surface area (Å²) in [7, 11) is 0. The van der Waals surface area contributed by atoms with E-state index in [-0.39, 0.29) is 11.0 Å². The van der Waals surface area contributed by atoms with Crippen LogP contribution >= 0.6 is 0 Å². The average Bonchev–Trinajstić information content (AvgIpc) is 2.66. The predicted octanol–water partition coefficient (Wildman–Crippen LogP) is 4.54. The Morgan fingerprint density at radius 1 is 1.10 bits per heavy atom. The van der Waals surface area contributed by atoms with Gasteiger partial charge in [-0.1, -0.05) is 25.1 Å². The fraction of sp³-hybridized carbons (Fsp3) is 0.318. The van der Waals surface area contributed by atoms with Gasteiger partial charge in [-0.2, -0.15) is 13.2 Å². The molecule has 8 heteroatoms. The molecule has 3 aromatic rings. The molecule has 0 fully saturated rings. The highest BCUT2D eigenvalue weighted by atomic mass is 19.4. The first kappa shape index (κ1) is 21.5. The van der Waals surface area contributed by atoms with E-state index in [9.17, 15) is 22.8 Å². The molecule has 1 aromatic heterocycles. The molecule has 5 nitrogen and oxygen atoms in total. The molecule has 0 aliphatic rings. The lowest BCUT2D eigenvalue weighted by atomic mass is 10.1. The van der Waals surface area contributed by atoms with Gasteiger partial charge in [0.2, 0.25) is 11.6 Å². The quantitative estimate of drug-likeness (QED) is 0.678. The number of carbonyl (C=O) groups excluding carboxylic acids is 1. The molecule has 1 heterocycles. The van der Waals surface area contributed by atoms with Crippen molar-refractivity contribution in [2.24, 2.45) is 0 Å². The number of nitrogens with one attached hydrogen (secondary N) is 1. The summed E-state index contributed by atoms with van der Waals surface area (Å²) in [6.45, 7) is 6.74. The van der Waals surface area contributed by atoms with Gasteiger partial charge in [0, 0.05) is 5.69 Å². The maximum atomic E-state index is 13.4. The van der Waals surface area contributed by atoms with Crippen LogP contribution in [0.1, 0.15) is 34.9 Å². The number of halogens is 3. The van der Waals surface area contributed by atoms with Crippen molar-refractivity contribution >= 4 is 22.6 Å². The minimum Gasteiger partial charge on any atom is -0.324 e. The summed E-state index contributed by atoms with van der Waals surface area (Å²) >= 11 is 0. The summed E-state index contributed by atoms with van der Waals surface area (Å²) in [5, 5.41) is 2.75. The van der Waals surface area contributed by atoms with E-state index < -0.39 is 29.9 Å². The fourth-order valence-electron chi connectivity index (χ4n) is 3.36. The molecular weight excluding hydrogens is 395 g/mol. The van der Waals surface area contributed by atoms with Crippen LogP contribution in [0.5, 0.6) is 0 Å². The van der Waals surface area contributed by atoms with Gasteiger partial charge in [0.25, 0.3) is 5.56 Å². The third-order valence-electron chi connectivity index (χ3n) is 5.14. The second-order valence-corrected chi connectivity index (χ2v) is 7.29. The molecule has 0 aliphatic carbocycles. The number of aryl methyl sites for hydroxylation is 4. The highest BCUT2D eigenvalue weighted by Gasteiger charge is 2.37. The molecule has 3 rings (SSSR count). The number of aromatic nitrogens is 2. The van der Waals surface area contributed by atoms with Crippen molar-refractivity contribution in [3.63, 3.8) is 0 Å². The topological polar surface area (TPSA) is 64.0 Å². The lowest BCUT2D eigenvalue weighted by Gasteiger charge is -2.16. The van der Waals surface area contributed by atoms with Crippen LogP contribution in [0.2, 0.25) is 0 Å². The van der Waals surface area contributed by atoms with Crippen LogP contribution in [-0.2, 0) is 23.9 Å². The summed E-state index contributed by atoms with van der Waals surface area (Å²) in [6.07, 6.45) is -4.25. The van der Waals surface area contributed by atoms with E-state index in [4.69, 9.17) is 0 Å². The molecule has 0 saturated heterocycles. The van der Waals surface area contributed by atoms with Crippen molar-refractivity contribution in [1.82, 2.24) is 9.55 Å². The number of amides is 1. The number of fused-ring (bicyclic) bond motifs is 1. The van der Waals surface area contributed by atoms with Gasteiger partial charge in [-0.3, -0.25) is 14.2 Å². The van der Waals surface area contributed by atoms with E-state index in [2.05, 4.69) is 10.3 Å². The number of alkyl halides is 3. The van der Waals surface area contributed by atoms with Gasteiger partial charge in [0.15, 0.2) is 0 Å². The van der Waals surface area contributed by atoms with Gasteiger partial charge in [-0.25, -0.2) is 4.98 Å². The monoisotopic (exact) mass is 417 g/mol. The smallest absolute Gasteiger partial charge is 0.324 e. The van der Waals surface area contributed by atoms with E-state index in [1.807, 2.05) is 32.0 Å². The van der Waals surface area contributed by atoms with Gasteiger partial charge in [0.05, 0.1) is 11.0 Å².